The van der Waals surface area contributed by atoms with E-state index in [1.165, 1.54) is 18.2 Å². The SMILES string of the molecule is CCCOc1ccc(Br)cc1C(=O)NC(=S)Nc1cccc([N+](=O)[O-])c1. The van der Waals surface area contributed by atoms with Crippen LogP contribution in [0.2, 0.25) is 0 Å². The average Bonchev–Trinajstić information content (AvgIpc) is 2.60. The van der Waals surface area contributed by atoms with Gasteiger partial charge in [0.05, 0.1) is 17.1 Å². The van der Waals surface area contributed by atoms with Crippen LogP contribution in [0.25, 0.3) is 0 Å². The van der Waals surface area contributed by atoms with Crippen molar-refractivity contribution in [1.82, 2.24) is 5.32 Å². The van der Waals surface area contributed by atoms with Crippen LogP contribution in [0.15, 0.2) is 46.9 Å². The van der Waals surface area contributed by atoms with Gasteiger partial charge in [-0.25, -0.2) is 0 Å². The Morgan fingerprint density at radius 2 is 2.08 bits per heavy atom. The molecule has 0 aliphatic carbocycles. The van der Waals surface area contributed by atoms with Crippen molar-refractivity contribution >= 4 is 50.5 Å². The lowest BCUT2D eigenvalue weighted by Crippen LogP contribution is -2.34. The van der Waals surface area contributed by atoms with E-state index in [2.05, 4.69) is 26.6 Å². The molecule has 2 N–H and O–H groups in total. The monoisotopic (exact) mass is 437 g/mol. The first kappa shape index (κ1) is 19.8. The summed E-state index contributed by atoms with van der Waals surface area (Å²) in [4.78, 5) is 22.8. The van der Waals surface area contributed by atoms with Crippen molar-refractivity contribution in [2.45, 2.75) is 13.3 Å². The van der Waals surface area contributed by atoms with Crippen LogP contribution in [0.1, 0.15) is 23.7 Å². The van der Waals surface area contributed by atoms with E-state index >= 15 is 0 Å². The van der Waals surface area contributed by atoms with E-state index in [1.807, 2.05) is 6.92 Å². The van der Waals surface area contributed by atoms with Gasteiger partial charge in [0.1, 0.15) is 5.75 Å². The first-order valence-corrected chi connectivity index (χ1v) is 8.90. The molecule has 0 spiro atoms. The lowest BCUT2D eigenvalue weighted by atomic mass is 10.2. The van der Waals surface area contributed by atoms with E-state index in [0.717, 1.165) is 10.9 Å². The molecule has 0 unspecified atom stereocenters. The first-order chi connectivity index (χ1) is 12.4. The second-order valence-electron chi connectivity index (χ2n) is 5.20. The van der Waals surface area contributed by atoms with Gasteiger partial charge in [-0.2, -0.15) is 0 Å². The number of non-ortho nitro benzene ring substituents is 1. The summed E-state index contributed by atoms with van der Waals surface area (Å²) in [6, 6.07) is 10.9. The maximum atomic E-state index is 12.5. The number of thiocarbonyl (C=S) groups is 1. The highest BCUT2D eigenvalue weighted by molar-refractivity contribution is 9.10. The molecule has 7 nitrogen and oxygen atoms in total. The van der Waals surface area contributed by atoms with Crippen LogP contribution in [0.5, 0.6) is 5.75 Å². The molecule has 2 rings (SSSR count). The number of nitro groups is 1. The highest BCUT2D eigenvalue weighted by atomic mass is 79.9. The number of hydrogen-bond donors (Lipinski definition) is 2. The third kappa shape index (κ3) is 5.50. The van der Waals surface area contributed by atoms with Crippen LogP contribution in [-0.4, -0.2) is 22.5 Å². The van der Waals surface area contributed by atoms with Crippen LogP contribution in [0.4, 0.5) is 11.4 Å². The number of amides is 1. The van der Waals surface area contributed by atoms with Gasteiger partial charge in [-0.15, -0.1) is 0 Å². The molecular weight excluding hydrogens is 422 g/mol. The van der Waals surface area contributed by atoms with E-state index in [-0.39, 0.29) is 10.8 Å². The third-order valence-electron chi connectivity index (χ3n) is 3.19. The summed E-state index contributed by atoms with van der Waals surface area (Å²) >= 11 is 8.45. The lowest BCUT2D eigenvalue weighted by Gasteiger charge is -2.13. The third-order valence-corrected chi connectivity index (χ3v) is 3.89. The Morgan fingerprint density at radius 3 is 2.77 bits per heavy atom. The topological polar surface area (TPSA) is 93.5 Å². The first-order valence-electron chi connectivity index (χ1n) is 7.70. The largest absolute Gasteiger partial charge is 0.493 e. The summed E-state index contributed by atoms with van der Waals surface area (Å²) in [6.45, 7) is 2.45. The van der Waals surface area contributed by atoms with Gasteiger partial charge in [-0.05, 0) is 42.9 Å². The molecule has 0 atom stereocenters. The van der Waals surface area contributed by atoms with E-state index in [1.54, 1.807) is 24.3 Å². The summed E-state index contributed by atoms with van der Waals surface area (Å²) < 4.78 is 6.31. The molecule has 26 heavy (non-hydrogen) atoms. The minimum absolute atomic E-state index is 0.0249. The summed E-state index contributed by atoms with van der Waals surface area (Å²) in [7, 11) is 0. The number of benzene rings is 2. The fraction of sp³-hybridized carbons (Fsp3) is 0.176. The van der Waals surface area contributed by atoms with Crippen molar-refractivity contribution in [3.8, 4) is 5.75 Å². The molecule has 0 fully saturated rings. The maximum absolute atomic E-state index is 12.5. The Morgan fingerprint density at radius 1 is 1.31 bits per heavy atom. The van der Waals surface area contributed by atoms with Crippen molar-refractivity contribution in [3.05, 3.63) is 62.6 Å². The number of hydrogen-bond acceptors (Lipinski definition) is 5. The van der Waals surface area contributed by atoms with Crippen LogP contribution in [-0.2, 0) is 0 Å². The van der Waals surface area contributed by atoms with Crippen molar-refractivity contribution in [2.24, 2.45) is 0 Å². The zero-order valence-electron chi connectivity index (χ0n) is 13.8. The summed E-state index contributed by atoms with van der Waals surface area (Å²) in [5.41, 5.74) is 0.656. The van der Waals surface area contributed by atoms with Crippen molar-refractivity contribution < 1.29 is 14.5 Å². The Hall–Kier alpha value is -2.52. The van der Waals surface area contributed by atoms with Crippen LogP contribution < -0.4 is 15.4 Å². The summed E-state index contributed by atoms with van der Waals surface area (Å²) in [5, 5.41) is 16.1. The van der Waals surface area contributed by atoms with Gasteiger partial charge in [0.25, 0.3) is 11.6 Å². The molecule has 0 heterocycles. The van der Waals surface area contributed by atoms with Gasteiger partial charge < -0.3 is 10.1 Å². The van der Waals surface area contributed by atoms with Crippen molar-refractivity contribution in [1.29, 1.82) is 0 Å². The predicted molar refractivity (Wildman–Crippen MR) is 107 cm³/mol. The fourth-order valence-electron chi connectivity index (χ4n) is 2.05. The molecule has 0 aromatic heterocycles. The zero-order chi connectivity index (χ0) is 19.1. The quantitative estimate of drug-likeness (QED) is 0.398. The Labute approximate surface area is 164 Å². The molecule has 0 bridgehead atoms. The van der Waals surface area contributed by atoms with Gasteiger partial charge in [-0.1, -0.05) is 28.9 Å². The van der Waals surface area contributed by atoms with Crippen LogP contribution in [0, 0.1) is 10.1 Å². The predicted octanol–water partition coefficient (Wildman–Crippen LogP) is 4.27. The fourth-order valence-corrected chi connectivity index (χ4v) is 2.62. The average molecular weight is 438 g/mol. The number of carbonyl (C=O) groups is 1. The number of halogens is 1. The van der Waals surface area contributed by atoms with E-state index in [0.29, 0.717) is 23.6 Å². The van der Waals surface area contributed by atoms with Crippen LogP contribution >= 0.6 is 28.1 Å². The van der Waals surface area contributed by atoms with Gasteiger partial charge in [-0.3, -0.25) is 20.2 Å². The molecule has 2 aromatic rings. The number of carbonyl (C=O) groups excluding carboxylic acids is 1. The van der Waals surface area contributed by atoms with Crippen molar-refractivity contribution in [3.63, 3.8) is 0 Å². The number of rotatable bonds is 6. The number of nitrogens with zero attached hydrogens (tertiary/aromatic N) is 1. The van der Waals surface area contributed by atoms with Crippen molar-refractivity contribution in [2.75, 3.05) is 11.9 Å². The number of nitro benzene ring substituents is 1. The molecule has 136 valence electrons. The Bertz CT molecular complexity index is 845. The normalized spacial score (nSPS) is 10.1. The molecule has 2 aromatic carbocycles. The Kier molecular flexibility index (Phi) is 7.05. The summed E-state index contributed by atoms with van der Waals surface area (Å²) in [5.74, 6) is 0.00559. The maximum Gasteiger partial charge on any atom is 0.271 e. The van der Waals surface area contributed by atoms with Gasteiger partial charge in [0.15, 0.2) is 5.11 Å². The van der Waals surface area contributed by atoms with Gasteiger partial charge in [0, 0.05) is 22.3 Å². The molecule has 9 heteroatoms. The van der Waals surface area contributed by atoms with Gasteiger partial charge in [0.2, 0.25) is 0 Å². The highest BCUT2D eigenvalue weighted by Crippen LogP contribution is 2.23. The summed E-state index contributed by atoms with van der Waals surface area (Å²) in [6.07, 6.45) is 0.809. The number of ether oxygens (including phenoxy) is 1. The molecule has 0 saturated heterocycles. The smallest absolute Gasteiger partial charge is 0.271 e. The van der Waals surface area contributed by atoms with E-state index < -0.39 is 10.8 Å². The molecule has 1 amide bonds. The van der Waals surface area contributed by atoms with Crippen LogP contribution in [0.3, 0.4) is 0 Å². The highest BCUT2D eigenvalue weighted by Gasteiger charge is 2.15. The van der Waals surface area contributed by atoms with Gasteiger partial charge >= 0.3 is 0 Å². The van der Waals surface area contributed by atoms with E-state index in [9.17, 15) is 14.9 Å². The second-order valence-corrected chi connectivity index (χ2v) is 6.53. The van der Waals surface area contributed by atoms with E-state index in [4.69, 9.17) is 17.0 Å². The molecular formula is C17H16BrN3O4S. The second kappa shape index (κ2) is 9.25. The molecule has 0 aliphatic rings. The Balaban J connectivity index is 2.09. The lowest BCUT2D eigenvalue weighted by molar-refractivity contribution is -0.384. The minimum Gasteiger partial charge on any atom is -0.493 e. The minimum atomic E-state index is -0.508. The number of anilines is 1. The molecule has 0 saturated carbocycles. The molecule has 0 radical (unpaired) electrons. The zero-order valence-corrected chi connectivity index (χ0v) is 16.2. The molecule has 0 aliphatic heterocycles. The number of nitrogens with one attached hydrogen (secondary N) is 2. The standard InChI is InChI=1S/C17H16BrN3O4S/c1-2-8-25-15-7-6-11(18)9-14(15)16(22)20-17(26)19-12-4-3-5-13(10-12)21(23)24/h3-7,9-10H,2,8H2,1H3,(H2,19,20,22,26).